The third-order valence-corrected chi connectivity index (χ3v) is 7.67. The molecule has 6 nitrogen and oxygen atoms in total. The number of halogens is 1. The average molecular weight is 529 g/mol. The lowest BCUT2D eigenvalue weighted by atomic mass is 9.86. The van der Waals surface area contributed by atoms with E-state index >= 15 is 0 Å². The van der Waals surface area contributed by atoms with Gasteiger partial charge in [0.1, 0.15) is 11.8 Å². The van der Waals surface area contributed by atoms with E-state index in [1.54, 1.807) is 55.6 Å². The second kappa shape index (κ2) is 8.20. The van der Waals surface area contributed by atoms with E-state index < -0.39 is 17.9 Å². The monoisotopic (exact) mass is 528 g/mol. The summed E-state index contributed by atoms with van der Waals surface area (Å²) in [5.41, 5.74) is 2.81. The number of carbonyl (C=O) groups excluding carboxylic acids is 3. The first kappa shape index (κ1) is 21.8. The van der Waals surface area contributed by atoms with Crippen LogP contribution in [0.1, 0.15) is 15.9 Å². The molecule has 0 spiro atoms. The molecule has 0 aromatic heterocycles. The molecular weight excluding hydrogens is 508 g/mol. The van der Waals surface area contributed by atoms with Crippen LogP contribution in [0.15, 0.2) is 83.3 Å². The molecule has 2 amide bonds. The molecule has 0 N–H and O–H groups in total. The highest BCUT2D eigenvalue weighted by Gasteiger charge is 2.64. The summed E-state index contributed by atoms with van der Waals surface area (Å²) in [6.45, 7) is 0. The molecule has 7 heteroatoms. The van der Waals surface area contributed by atoms with Gasteiger partial charge < -0.3 is 9.64 Å². The van der Waals surface area contributed by atoms with Crippen LogP contribution >= 0.6 is 15.9 Å². The Bertz CT molecular complexity index is 1380. The SMILES string of the molecule is COc1ccc(C(=O)[C@H]2[C@H]3C(=O)N(c4ccc(Br)cc4)C(=O)[C@@H]3[C@H]3C=Cc4ccccc4N32)cc1. The molecule has 2 fully saturated rings. The standard InChI is InChI=1S/C28H21BrN2O4/c1-35-20-13-6-17(7-14-20)26(32)25-24-23(22-15-8-16-4-2-3-5-21(16)31(22)25)27(33)30(28(24)34)19-11-9-18(29)10-12-19/h2-15,22-25H,1H3/t22-,23-,24+,25-/m1/s1. The van der Waals surface area contributed by atoms with Crippen LogP contribution in [0.5, 0.6) is 5.75 Å². The minimum absolute atomic E-state index is 0.186. The summed E-state index contributed by atoms with van der Waals surface area (Å²) in [5, 5.41) is 0. The van der Waals surface area contributed by atoms with E-state index in [9.17, 15) is 14.4 Å². The summed E-state index contributed by atoms with van der Waals surface area (Å²) in [4.78, 5) is 44.8. The largest absolute Gasteiger partial charge is 0.497 e. The average Bonchev–Trinajstić information content (AvgIpc) is 3.37. The smallest absolute Gasteiger partial charge is 0.240 e. The molecule has 174 valence electrons. The maximum absolute atomic E-state index is 14.0. The highest BCUT2D eigenvalue weighted by atomic mass is 79.9. The number of Topliss-reactive ketones (excluding diaryl/α,β-unsaturated/α-hetero) is 1. The van der Waals surface area contributed by atoms with E-state index in [-0.39, 0.29) is 23.6 Å². The molecule has 0 bridgehead atoms. The molecular formula is C28H21BrN2O4. The number of hydrogen-bond donors (Lipinski definition) is 0. The predicted molar refractivity (Wildman–Crippen MR) is 136 cm³/mol. The van der Waals surface area contributed by atoms with Crippen molar-refractivity contribution < 1.29 is 19.1 Å². The van der Waals surface area contributed by atoms with Gasteiger partial charge in [-0.3, -0.25) is 14.4 Å². The number of methoxy groups -OCH3 is 1. The molecule has 35 heavy (non-hydrogen) atoms. The van der Waals surface area contributed by atoms with Crippen LogP contribution < -0.4 is 14.5 Å². The highest BCUT2D eigenvalue weighted by molar-refractivity contribution is 9.10. The van der Waals surface area contributed by atoms with Crippen LogP contribution in [0.2, 0.25) is 0 Å². The van der Waals surface area contributed by atoms with Crippen LogP contribution in [0, 0.1) is 11.8 Å². The van der Waals surface area contributed by atoms with E-state index in [0.717, 1.165) is 15.7 Å². The first-order chi connectivity index (χ1) is 17.0. The van der Waals surface area contributed by atoms with E-state index in [4.69, 9.17) is 4.74 Å². The van der Waals surface area contributed by atoms with Crippen molar-refractivity contribution in [1.82, 2.24) is 0 Å². The lowest BCUT2D eigenvalue weighted by Gasteiger charge is -2.36. The van der Waals surface area contributed by atoms with Crippen LogP contribution in [0.25, 0.3) is 6.08 Å². The summed E-state index contributed by atoms with van der Waals surface area (Å²) in [6.07, 6.45) is 3.94. The lowest BCUT2D eigenvalue weighted by Crippen LogP contribution is -2.48. The quantitative estimate of drug-likeness (QED) is 0.361. The number of anilines is 2. The summed E-state index contributed by atoms with van der Waals surface area (Å²) < 4.78 is 6.09. The van der Waals surface area contributed by atoms with Gasteiger partial charge in [0.05, 0.1) is 30.7 Å². The van der Waals surface area contributed by atoms with Gasteiger partial charge in [0, 0.05) is 15.7 Å². The van der Waals surface area contributed by atoms with Crippen LogP contribution in [0.3, 0.4) is 0 Å². The van der Waals surface area contributed by atoms with Gasteiger partial charge in [0.25, 0.3) is 0 Å². The molecule has 0 radical (unpaired) electrons. The molecule has 0 aliphatic carbocycles. The molecule has 6 rings (SSSR count). The Kier molecular flexibility index (Phi) is 5.11. The number of imide groups is 1. The number of carbonyl (C=O) groups is 3. The van der Waals surface area contributed by atoms with Gasteiger partial charge in [0.15, 0.2) is 5.78 Å². The van der Waals surface area contributed by atoms with E-state index in [1.165, 1.54) is 4.90 Å². The fourth-order valence-corrected chi connectivity index (χ4v) is 5.85. The molecule has 4 atom stereocenters. The van der Waals surface area contributed by atoms with Gasteiger partial charge in [-0.25, -0.2) is 4.90 Å². The van der Waals surface area contributed by atoms with Crippen molar-refractivity contribution >= 4 is 51.0 Å². The second-order valence-corrected chi connectivity index (χ2v) is 9.81. The zero-order chi connectivity index (χ0) is 24.3. The van der Waals surface area contributed by atoms with E-state index in [2.05, 4.69) is 15.9 Å². The van der Waals surface area contributed by atoms with Crippen molar-refractivity contribution in [2.75, 3.05) is 16.9 Å². The van der Waals surface area contributed by atoms with Gasteiger partial charge in [-0.2, -0.15) is 0 Å². The van der Waals surface area contributed by atoms with E-state index in [1.807, 2.05) is 41.3 Å². The van der Waals surface area contributed by atoms with Crippen molar-refractivity contribution in [3.8, 4) is 5.75 Å². The first-order valence-electron chi connectivity index (χ1n) is 11.4. The zero-order valence-electron chi connectivity index (χ0n) is 18.8. The van der Waals surface area contributed by atoms with Gasteiger partial charge in [-0.1, -0.05) is 46.3 Å². The van der Waals surface area contributed by atoms with Crippen molar-refractivity contribution in [2.24, 2.45) is 11.8 Å². The van der Waals surface area contributed by atoms with Crippen LogP contribution in [-0.2, 0) is 9.59 Å². The lowest BCUT2D eigenvalue weighted by molar-refractivity contribution is -0.122. The highest BCUT2D eigenvalue weighted by Crippen LogP contribution is 2.49. The van der Waals surface area contributed by atoms with Gasteiger partial charge in [-0.05, 0) is 60.2 Å². The molecule has 3 aliphatic rings. The Labute approximate surface area is 210 Å². The molecule has 2 saturated heterocycles. The Morgan fingerprint density at radius 3 is 2.29 bits per heavy atom. The normalized spacial score (nSPS) is 24.3. The Morgan fingerprint density at radius 1 is 0.886 bits per heavy atom. The number of ketones is 1. The Morgan fingerprint density at radius 2 is 1.57 bits per heavy atom. The van der Waals surface area contributed by atoms with Crippen LogP contribution in [-0.4, -0.2) is 36.8 Å². The van der Waals surface area contributed by atoms with Crippen LogP contribution in [0.4, 0.5) is 11.4 Å². The maximum atomic E-state index is 14.0. The number of benzene rings is 3. The number of ether oxygens (including phenoxy) is 1. The third-order valence-electron chi connectivity index (χ3n) is 7.14. The fourth-order valence-electron chi connectivity index (χ4n) is 5.58. The summed E-state index contributed by atoms with van der Waals surface area (Å²) in [6, 6.07) is 20.5. The topological polar surface area (TPSA) is 66.9 Å². The number of hydrogen-bond acceptors (Lipinski definition) is 5. The van der Waals surface area contributed by atoms with E-state index in [0.29, 0.717) is 17.0 Å². The van der Waals surface area contributed by atoms with Crippen molar-refractivity contribution in [2.45, 2.75) is 12.1 Å². The maximum Gasteiger partial charge on any atom is 0.240 e. The fraction of sp³-hybridized carbons (Fsp3) is 0.179. The molecule has 3 aromatic rings. The number of rotatable bonds is 4. The first-order valence-corrected chi connectivity index (χ1v) is 12.2. The summed E-state index contributed by atoms with van der Waals surface area (Å²) in [7, 11) is 1.57. The van der Waals surface area contributed by atoms with Gasteiger partial charge in [-0.15, -0.1) is 0 Å². The molecule has 3 aliphatic heterocycles. The Hall–Kier alpha value is -3.71. The minimum Gasteiger partial charge on any atom is -0.497 e. The zero-order valence-corrected chi connectivity index (χ0v) is 20.4. The molecule has 3 aromatic carbocycles. The summed E-state index contributed by atoms with van der Waals surface area (Å²) in [5.74, 6) is -1.59. The van der Waals surface area contributed by atoms with Crippen molar-refractivity contribution in [3.05, 3.63) is 94.5 Å². The van der Waals surface area contributed by atoms with Crippen molar-refractivity contribution in [1.29, 1.82) is 0 Å². The Balaban J connectivity index is 1.47. The van der Waals surface area contributed by atoms with Gasteiger partial charge >= 0.3 is 0 Å². The minimum atomic E-state index is -0.804. The molecule has 3 heterocycles. The second-order valence-electron chi connectivity index (χ2n) is 8.89. The third kappa shape index (κ3) is 3.26. The van der Waals surface area contributed by atoms with Crippen molar-refractivity contribution in [3.63, 3.8) is 0 Å². The number of nitrogens with zero attached hydrogens (tertiary/aromatic N) is 2. The molecule has 0 saturated carbocycles. The number of fused-ring (bicyclic) bond motifs is 5. The molecule has 0 unspecified atom stereocenters. The number of para-hydroxylation sites is 1. The van der Waals surface area contributed by atoms with Gasteiger partial charge in [0.2, 0.25) is 11.8 Å². The predicted octanol–water partition coefficient (Wildman–Crippen LogP) is 4.73. The summed E-state index contributed by atoms with van der Waals surface area (Å²) >= 11 is 3.40. The number of amides is 2.